The van der Waals surface area contributed by atoms with Gasteiger partial charge in [0.25, 0.3) is 0 Å². The number of hydrogen-bond donors (Lipinski definition) is 2. The summed E-state index contributed by atoms with van der Waals surface area (Å²) in [6.07, 6.45) is 8.97. The number of urea groups is 1. The maximum atomic E-state index is 14.2. The molecule has 11 unspecified atom stereocenters. The van der Waals surface area contributed by atoms with Crippen molar-refractivity contribution < 1.29 is 38.2 Å². The lowest BCUT2D eigenvalue weighted by Crippen LogP contribution is -2.66. The predicted octanol–water partition coefficient (Wildman–Crippen LogP) is 4.41. The zero-order valence-electron chi connectivity index (χ0n) is 26.7. The first-order chi connectivity index (χ1) is 22.1. The summed E-state index contributed by atoms with van der Waals surface area (Å²) in [5.41, 5.74) is -2.24. The number of ether oxygens (including phenoxy) is 3. The number of Topliss-reactive ketones (excluding diaryl/α,β-unsaturated/α-hetero) is 2. The van der Waals surface area contributed by atoms with Gasteiger partial charge in [0.1, 0.15) is 6.10 Å². The van der Waals surface area contributed by atoms with Crippen LogP contribution in [0.5, 0.6) is 0 Å². The molecule has 6 saturated carbocycles. The second-order valence-corrected chi connectivity index (χ2v) is 16.1. The first kappa shape index (κ1) is 31.8. The highest BCUT2D eigenvalue weighted by atomic mass is 32.2. The van der Waals surface area contributed by atoms with E-state index in [0.717, 1.165) is 44.3 Å². The minimum Gasteiger partial charge on any atom is -0.487 e. The van der Waals surface area contributed by atoms with Crippen LogP contribution in [0.4, 0.5) is 4.79 Å². The molecule has 11 atom stereocenters. The summed E-state index contributed by atoms with van der Waals surface area (Å²) >= 11 is 1.84. The van der Waals surface area contributed by atoms with Gasteiger partial charge < -0.3 is 24.8 Å². The van der Waals surface area contributed by atoms with Gasteiger partial charge in [-0.3, -0.25) is 14.4 Å². The molecule has 250 valence electrons. The van der Waals surface area contributed by atoms with E-state index in [4.69, 9.17) is 14.2 Å². The van der Waals surface area contributed by atoms with Crippen molar-refractivity contribution >= 4 is 41.3 Å². The van der Waals surface area contributed by atoms with Crippen molar-refractivity contribution in [2.75, 3.05) is 12.4 Å². The van der Waals surface area contributed by atoms with Gasteiger partial charge >= 0.3 is 18.0 Å². The molecule has 2 N–H and O–H groups in total. The molecule has 46 heavy (non-hydrogen) atoms. The molecule has 6 aliphatic carbocycles. The summed E-state index contributed by atoms with van der Waals surface area (Å²) in [6, 6.07) is 0.188. The van der Waals surface area contributed by atoms with Crippen LogP contribution < -0.4 is 10.6 Å². The number of esters is 2. The van der Waals surface area contributed by atoms with Crippen molar-refractivity contribution in [3.63, 3.8) is 0 Å². The third kappa shape index (κ3) is 4.53. The number of nitrogens with one attached hydrogen (secondary N) is 2. The number of thioether (sulfide) groups is 1. The minimum absolute atomic E-state index is 0.0164. The Hall–Kier alpha value is -2.82. The molecule has 2 saturated heterocycles. The van der Waals surface area contributed by atoms with E-state index in [1.807, 2.05) is 11.8 Å². The Kier molecular flexibility index (Phi) is 8.08. The van der Waals surface area contributed by atoms with Gasteiger partial charge in [0.2, 0.25) is 0 Å². The molecule has 2 amide bonds. The maximum Gasteiger partial charge on any atom is 0.344 e. The fourth-order valence-electron chi connectivity index (χ4n) is 10.8. The number of rotatable bonds is 10. The molecule has 10 nitrogen and oxygen atoms in total. The molecule has 11 heteroatoms. The molecule has 0 aromatic heterocycles. The molecular weight excluding hydrogens is 608 g/mol. The van der Waals surface area contributed by atoms with Crippen molar-refractivity contribution in [2.45, 2.75) is 113 Å². The third-order valence-electron chi connectivity index (χ3n) is 12.9. The zero-order chi connectivity index (χ0) is 32.4. The molecule has 0 aromatic rings. The molecule has 2 spiro atoms. The summed E-state index contributed by atoms with van der Waals surface area (Å²) in [7, 11) is 0. The van der Waals surface area contributed by atoms with Gasteiger partial charge in [-0.1, -0.05) is 39.3 Å². The van der Waals surface area contributed by atoms with E-state index in [-0.39, 0.29) is 59.8 Å². The van der Waals surface area contributed by atoms with Crippen LogP contribution in [-0.2, 0) is 33.4 Å². The van der Waals surface area contributed by atoms with Gasteiger partial charge in [0, 0.05) is 17.4 Å². The van der Waals surface area contributed by atoms with E-state index < -0.39 is 41.1 Å². The number of ketones is 2. The number of carbonyl (C=O) groups excluding carboxylic acids is 5. The molecule has 0 radical (unpaired) electrons. The van der Waals surface area contributed by atoms with Gasteiger partial charge in [-0.05, 0) is 80.6 Å². The topological polar surface area (TPSA) is 137 Å². The fourth-order valence-corrected chi connectivity index (χ4v) is 12.4. The predicted molar refractivity (Wildman–Crippen MR) is 169 cm³/mol. The highest BCUT2D eigenvalue weighted by Gasteiger charge is 2.90. The standard InChI is InChI=1S/C35H46N2O8S/c1-4-44-34-13-8-7-9-19(2)22-16-26(33-14-12-21(20(3)30(33)40)15-25(33)35(22,34)31(34)41)45-28(39)17-43-27(38)11-6-5-10-24-29-23(18-46-24)36-32(42)37-29/h4,19,21-26,29H,1,3,5-18H2,2H3,(H2,36,37,42). The first-order valence-corrected chi connectivity index (χ1v) is 18.3. The summed E-state index contributed by atoms with van der Waals surface area (Å²) in [4.78, 5) is 65.9. The Labute approximate surface area is 274 Å². The van der Waals surface area contributed by atoms with Crippen LogP contribution in [0, 0.1) is 34.5 Å². The Morgan fingerprint density at radius 1 is 1.07 bits per heavy atom. The van der Waals surface area contributed by atoms with Crippen molar-refractivity contribution in [1.82, 2.24) is 10.6 Å². The number of unbranched alkanes of at least 4 members (excludes halogenated alkanes) is 1. The van der Waals surface area contributed by atoms with Crippen LogP contribution in [0.1, 0.15) is 84.0 Å². The van der Waals surface area contributed by atoms with Crippen LogP contribution in [0.15, 0.2) is 25.0 Å². The van der Waals surface area contributed by atoms with Gasteiger partial charge in [-0.25, -0.2) is 9.59 Å². The number of allylic oxidation sites excluding steroid dienone is 1. The Morgan fingerprint density at radius 3 is 2.70 bits per heavy atom. The largest absolute Gasteiger partial charge is 0.487 e. The monoisotopic (exact) mass is 654 g/mol. The van der Waals surface area contributed by atoms with E-state index in [1.54, 1.807) is 0 Å². The molecule has 2 bridgehead atoms. The average molecular weight is 655 g/mol. The van der Waals surface area contributed by atoms with Crippen LogP contribution >= 0.6 is 11.8 Å². The molecule has 8 aliphatic rings. The molecule has 2 aliphatic heterocycles. The molecule has 8 rings (SSSR count). The van der Waals surface area contributed by atoms with E-state index in [9.17, 15) is 24.0 Å². The van der Waals surface area contributed by atoms with E-state index >= 15 is 0 Å². The zero-order valence-corrected chi connectivity index (χ0v) is 27.5. The third-order valence-corrected chi connectivity index (χ3v) is 14.4. The molecule has 0 aromatic carbocycles. The van der Waals surface area contributed by atoms with E-state index in [2.05, 4.69) is 30.7 Å². The fraction of sp³-hybridized carbons (Fsp3) is 0.743. The highest BCUT2D eigenvalue weighted by Crippen LogP contribution is 2.79. The first-order valence-electron chi connectivity index (χ1n) is 17.2. The lowest BCUT2D eigenvalue weighted by atomic mass is 9.41. The van der Waals surface area contributed by atoms with Crippen molar-refractivity contribution in [1.29, 1.82) is 0 Å². The Balaban J connectivity index is 1.01. The lowest BCUT2D eigenvalue weighted by Gasteiger charge is -2.62. The van der Waals surface area contributed by atoms with Gasteiger partial charge in [0.15, 0.2) is 23.8 Å². The van der Waals surface area contributed by atoms with Gasteiger partial charge in [-0.15, -0.1) is 0 Å². The maximum absolute atomic E-state index is 14.2. The smallest absolute Gasteiger partial charge is 0.344 e. The molecular formula is C35H46N2O8S. The van der Waals surface area contributed by atoms with E-state index in [0.29, 0.717) is 42.9 Å². The summed E-state index contributed by atoms with van der Waals surface area (Å²) in [6.45, 7) is 9.63. The quantitative estimate of drug-likeness (QED) is 0.115. The highest BCUT2D eigenvalue weighted by molar-refractivity contribution is 8.00. The average Bonchev–Trinajstić information content (AvgIpc) is 3.30. The van der Waals surface area contributed by atoms with Crippen LogP contribution in [0.25, 0.3) is 0 Å². The second kappa shape index (κ2) is 11.7. The number of hydrogen-bond acceptors (Lipinski definition) is 9. The second-order valence-electron chi connectivity index (χ2n) is 14.8. The summed E-state index contributed by atoms with van der Waals surface area (Å²) in [5, 5.41) is 6.24. The number of fused-ring (bicyclic) bond motifs is 3. The lowest BCUT2D eigenvalue weighted by molar-refractivity contribution is -0.207. The Bertz CT molecular complexity index is 1370. The van der Waals surface area contributed by atoms with Crippen LogP contribution in [0.2, 0.25) is 0 Å². The summed E-state index contributed by atoms with van der Waals surface area (Å²) < 4.78 is 17.7. The minimum atomic E-state index is -1.03. The molecule has 8 fully saturated rings. The number of carbonyl (C=O) groups is 5. The van der Waals surface area contributed by atoms with Crippen LogP contribution in [-0.4, -0.2) is 70.9 Å². The Morgan fingerprint density at radius 2 is 1.89 bits per heavy atom. The number of amides is 2. The van der Waals surface area contributed by atoms with Crippen molar-refractivity contribution in [3.8, 4) is 0 Å². The van der Waals surface area contributed by atoms with Gasteiger partial charge in [0.05, 0.1) is 29.2 Å². The van der Waals surface area contributed by atoms with Crippen molar-refractivity contribution in [3.05, 3.63) is 25.0 Å². The normalized spacial score (nSPS) is 43.5. The summed E-state index contributed by atoms with van der Waals surface area (Å²) in [5.74, 6) is -0.430. The SMILES string of the molecule is C=COC12CCCCC(C)C3CC(OC(=O)COC(=O)CCCCC4SCC5NC(=O)NC54)C45CCC(CC4C31C2=O)C(=C)C5=O. The van der Waals surface area contributed by atoms with Crippen molar-refractivity contribution in [2.24, 2.45) is 34.5 Å². The molecule has 2 heterocycles. The van der Waals surface area contributed by atoms with Gasteiger partial charge in [-0.2, -0.15) is 11.8 Å². The van der Waals surface area contributed by atoms with E-state index in [1.165, 1.54) is 6.26 Å². The van der Waals surface area contributed by atoms with Crippen LogP contribution in [0.3, 0.4) is 0 Å².